The molecule has 0 atom stereocenters. The van der Waals surface area contributed by atoms with Crippen molar-refractivity contribution in [1.82, 2.24) is 0 Å². The first-order valence-electron chi connectivity index (χ1n) is 4.75. The molecule has 0 aromatic heterocycles. The van der Waals surface area contributed by atoms with Crippen LogP contribution in [0.2, 0.25) is 0 Å². The molecule has 0 radical (unpaired) electrons. The summed E-state index contributed by atoms with van der Waals surface area (Å²) in [6.07, 6.45) is 2.42. The van der Waals surface area contributed by atoms with Crippen LogP contribution in [-0.4, -0.2) is 17.2 Å². The Labute approximate surface area is 92.2 Å². The predicted molar refractivity (Wildman–Crippen MR) is 60.7 cm³/mol. The molecule has 0 saturated heterocycles. The molecular formula is C10H12BBrO2. The summed E-state index contributed by atoms with van der Waals surface area (Å²) < 4.78 is 1.09. The average molecular weight is 255 g/mol. The van der Waals surface area contributed by atoms with Gasteiger partial charge < -0.3 is 10.0 Å². The SMILES string of the molecule is Cc1cc(Br)c(C2CC2)cc1B(O)O. The highest BCUT2D eigenvalue weighted by Gasteiger charge is 2.27. The van der Waals surface area contributed by atoms with Crippen LogP contribution in [-0.2, 0) is 0 Å². The standard InChI is InChI=1S/C10H12BBrO2/c1-6-4-10(12)8(7-2-3-7)5-9(6)11(13)14/h4-5,7,13-14H,2-3H2,1H3. The summed E-state index contributed by atoms with van der Waals surface area (Å²) in [4.78, 5) is 0. The van der Waals surface area contributed by atoms with E-state index in [1.165, 1.54) is 18.4 Å². The van der Waals surface area contributed by atoms with Crippen LogP contribution >= 0.6 is 15.9 Å². The number of hydrogen-bond donors (Lipinski definition) is 2. The Morgan fingerprint density at radius 3 is 2.50 bits per heavy atom. The third-order valence-electron chi connectivity index (χ3n) is 2.68. The van der Waals surface area contributed by atoms with E-state index >= 15 is 0 Å². The highest BCUT2D eigenvalue weighted by molar-refractivity contribution is 9.10. The van der Waals surface area contributed by atoms with E-state index in [1.807, 2.05) is 19.1 Å². The van der Waals surface area contributed by atoms with Gasteiger partial charge >= 0.3 is 7.12 Å². The van der Waals surface area contributed by atoms with Gasteiger partial charge in [-0.15, -0.1) is 0 Å². The summed E-state index contributed by atoms with van der Waals surface area (Å²) in [5.41, 5.74) is 2.74. The Kier molecular flexibility index (Phi) is 2.69. The fourth-order valence-electron chi connectivity index (χ4n) is 1.69. The minimum Gasteiger partial charge on any atom is -0.423 e. The average Bonchev–Trinajstić information content (AvgIpc) is 2.86. The van der Waals surface area contributed by atoms with Gasteiger partial charge in [0.1, 0.15) is 0 Å². The molecule has 0 bridgehead atoms. The largest absolute Gasteiger partial charge is 0.488 e. The van der Waals surface area contributed by atoms with Gasteiger partial charge in [0, 0.05) is 4.47 Å². The second kappa shape index (κ2) is 3.68. The number of halogens is 1. The van der Waals surface area contributed by atoms with Crippen LogP contribution < -0.4 is 5.46 Å². The molecule has 1 aliphatic rings. The van der Waals surface area contributed by atoms with Gasteiger partial charge in [-0.3, -0.25) is 0 Å². The van der Waals surface area contributed by atoms with Crippen molar-refractivity contribution in [3.05, 3.63) is 27.7 Å². The van der Waals surface area contributed by atoms with Crippen molar-refractivity contribution in [2.75, 3.05) is 0 Å². The van der Waals surface area contributed by atoms with Gasteiger partial charge in [0.25, 0.3) is 0 Å². The zero-order valence-electron chi connectivity index (χ0n) is 8.00. The van der Waals surface area contributed by atoms with Crippen LogP contribution in [0.3, 0.4) is 0 Å². The Balaban J connectivity index is 2.45. The first-order valence-corrected chi connectivity index (χ1v) is 5.55. The first-order chi connectivity index (χ1) is 6.59. The second-order valence-corrected chi connectivity index (χ2v) is 4.73. The normalized spacial score (nSPS) is 15.7. The molecule has 0 unspecified atom stereocenters. The minimum absolute atomic E-state index is 0.613. The molecule has 2 N–H and O–H groups in total. The molecule has 1 aromatic carbocycles. The summed E-state index contributed by atoms with van der Waals surface area (Å²) >= 11 is 3.51. The fraction of sp³-hybridized carbons (Fsp3) is 0.400. The van der Waals surface area contributed by atoms with Gasteiger partial charge in [0.2, 0.25) is 0 Å². The van der Waals surface area contributed by atoms with Crippen molar-refractivity contribution in [3.63, 3.8) is 0 Å². The number of benzene rings is 1. The van der Waals surface area contributed by atoms with Gasteiger partial charge in [-0.25, -0.2) is 0 Å². The lowest BCUT2D eigenvalue weighted by Gasteiger charge is -2.09. The molecule has 1 saturated carbocycles. The molecule has 0 spiro atoms. The van der Waals surface area contributed by atoms with Crippen molar-refractivity contribution in [2.24, 2.45) is 0 Å². The van der Waals surface area contributed by atoms with Crippen LogP contribution in [0.25, 0.3) is 0 Å². The lowest BCUT2D eigenvalue weighted by atomic mass is 9.76. The van der Waals surface area contributed by atoms with Crippen molar-refractivity contribution < 1.29 is 10.0 Å². The van der Waals surface area contributed by atoms with E-state index in [-0.39, 0.29) is 0 Å². The van der Waals surface area contributed by atoms with E-state index in [9.17, 15) is 0 Å². The van der Waals surface area contributed by atoms with E-state index in [4.69, 9.17) is 10.0 Å². The summed E-state index contributed by atoms with van der Waals surface area (Å²) in [6, 6.07) is 3.87. The molecule has 74 valence electrons. The summed E-state index contributed by atoms with van der Waals surface area (Å²) in [5.74, 6) is 0.613. The van der Waals surface area contributed by atoms with Crippen molar-refractivity contribution >= 4 is 28.5 Å². The van der Waals surface area contributed by atoms with Crippen LogP contribution in [0.4, 0.5) is 0 Å². The van der Waals surface area contributed by atoms with Crippen molar-refractivity contribution in [1.29, 1.82) is 0 Å². The van der Waals surface area contributed by atoms with E-state index in [2.05, 4.69) is 15.9 Å². The van der Waals surface area contributed by atoms with Crippen LogP contribution in [0.15, 0.2) is 16.6 Å². The van der Waals surface area contributed by atoms with Crippen LogP contribution in [0, 0.1) is 6.92 Å². The Hall–Kier alpha value is -0.315. The summed E-state index contributed by atoms with van der Waals surface area (Å²) in [7, 11) is -1.36. The molecule has 0 heterocycles. The summed E-state index contributed by atoms with van der Waals surface area (Å²) in [5, 5.41) is 18.3. The number of aryl methyl sites for hydroxylation is 1. The molecule has 1 aliphatic carbocycles. The van der Waals surface area contributed by atoms with E-state index in [1.54, 1.807) is 0 Å². The van der Waals surface area contributed by atoms with E-state index in [0.29, 0.717) is 11.4 Å². The molecular weight excluding hydrogens is 243 g/mol. The van der Waals surface area contributed by atoms with Crippen molar-refractivity contribution in [3.8, 4) is 0 Å². The van der Waals surface area contributed by atoms with E-state index < -0.39 is 7.12 Å². The lowest BCUT2D eigenvalue weighted by Crippen LogP contribution is -2.32. The zero-order chi connectivity index (χ0) is 10.3. The monoisotopic (exact) mass is 254 g/mol. The van der Waals surface area contributed by atoms with Gasteiger partial charge in [0.15, 0.2) is 0 Å². The van der Waals surface area contributed by atoms with Gasteiger partial charge in [-0.05, 0) is 42.8 Å². The number of rotatable bonds is 2. The van der Waals surface area contributed by atoms with E-state index in [0.717, 1.165) is 10.0 Å². The maximum atomic E-state index is 9.16. The maximum absolute atomic E-state index is 9.16. The molecule has 4 heteroatoms. The minimum atomic E-state index is -1.36. The second-order valence-electron chi connectivity index (χ2n) is 3.88. The highest BCUT2D eigenvalue weighted by atomic mass is 79.9. The topological polar surface area (TPSA) is 40.5 Å². The highest BCUT2D eigenvalue weighted by Crippen LogP contribution is 2.43. The van der Waals surface area contributed by atoms with Gasteiger partial charge in [-0.1, -0.05) is 27.6 Å². The molecule has 1 aromatic rings. The molecule has 2 rings (SSSR count). The first kappa shape index (κ1) is 10.2. The zero-order valence-corrected chi connectivity index (χ0v) is 9.58. The summed E-state index contributed by atoms with van der Waals surface area (Å²) in [6.45, 7) is 1.89. The Bertz CT molecular complexity index is 338. The molecule has 1 fully saturated rings. The number of hydrogen-bond acceptors (Lipinski definition) is 2. The Morgan fingerprint density at radius 1 is 1.36 bits per heavy atom. The predicted octanol–water partition coefficient (Wildman–Crippen LogP) is 1.31. The molecule has 0 aliphatic heterocycles. The van der Waals surface area contributed by atoms with Crippen LogP contribution in [0.1, 0.15) is 29.9 Å². The lowest BCUT2D eigenvalue weighted by molar-refractivity contribution is 0.425. The molecule has 14 heavy (non-hydrogen) atoms. The molecule has 0 amide bonds. The van der Waals surface area contributed by atoms with Gasteiger partial charge in [-0.2, -0.15) is 0 Å². The third-order valence-corrected chi connectivity index (χ3v) is 3.37. The fourth-order valence-corrected chi connectivity index (χ4v) is 2.47. The Morgan fingerprint density at radius 2 is 2.00 bits per heavy atom. The maximum Gasteiger partial charge on any atom is 0.488 e. The van der Waals surface area contributed by atoms with Crippen molar-refractivity contribution in [2.45, 2.75) is 25.7 Å². The van der Waals surface area contributed by atoms with Gasteiger partial charge in [0.05, 0.1) is 0 Å². The molecule has 2 nitrogen and oxygen atoms in total. The van der Waals surface area contributed by atoms with Crippen LogP contribution in [0.5, 0.6) is 0 Å². The smallest absolute Gasteiger partial charge is 0.423 e. The quantitative estimate of drug-likeness (QED) is 0.782. The third kappa shape index (κ3) is 1.87.